The SMILES string of the molecule is O=C(Cc1c(F)cccc1Cl)N1CCN(Cc2nc3ccccc3s2)CC1. The summed E-state index contributed by atoms with van der Waals surface area (Å²) in [5.74, 6) is -0.507. The van der Waals surface area contributed by atoms with Crippen LogP contribution in [-0.2, 0) is 17.8 Å². The Morgan fingerprint density at radius 2 is 1.89 bits per heavy atom. The van der Waals surface area contributed by atoms with Crippen LogP contribution < -0.4 is 0 Å². The zero-order chi connectivity index (χ0) is 18.8. The predicted molar refractivity (Wildman–Crippen MR) is 107 cm³/mol. The van der Waals surface area contributed by atoms with Gasteiger partial charge in [0.25, 0.3) is 0 Å². The second-order valence-electron chi connectivity index (χ2n) is 6.61. The summed E-state index contributed by atoms with van der Waals surface area (Å²) in [5.41, 5.74) is 1.31. The molecule has 0 saturated carbocycles. The number of carbonyl (C=O) groups is 1. The van der Waals surface area contributed by atoms with Crippen LogP contribution in [-0.4, -0.2) is 46.9 Å². The highest BCUT2D eigenvalue weighted by atomic mass is 35.5. The third-order valence-corrected chi connectivity index (χ3v) is 6.19. The fourth-order valence-corrected chi connectivity index (χ4v) is 4.54. The van der Waals surface area contributed by atoms with Crippen molar-refractivity contribution in [2.45, 2.75) is 13.0 Å². The Labute approximate surface area is 166 Å². The molecule has 0 atom stereocenters. The van der Waals surface area contributed by atoms with E-state index in [0.29, 0.717) is 18.1 Å². The highest BCUT2D eigenvalue weighted by Crippen LogP contribution is 2.23. The number of piperazine rings is 1. The Bertz CT molecular complexity index is 916. The van der Waals surface area contributed by atoms with Crippen LogP contribution >= 0.6 is 22.9 Å². The molecule has 4 nitrogen and oxygen atoms in total. The van der Waals surface area contributed by atoms with E-state index in [1.165, 1.54) is 10.8 Å². The van der Waals surface area contributed by atoms with Gasteiger partial charge in [-0.05, 0) is 24.3 Å². The Morgan fingerprint density at radius 3 is 2.63 bits per heavy atom. The Hall–Kier alpha value is -2.02. The van der Waals surface area contributed by atoms with Crippen LogP contribution in [0.3, 0.4) is 0 Å². The quantitative estimate of drug-likeness (QED) is 0.661. The van der Waals surface area contributed by atoms with Crippen molar-refractivity contribution in [2.24, 2.45) is 0 Å². The first-order valence-electron chi connectivity index (χ1n) is 8.87. The number of halogens is 2. The normalized spacial score (nSPS) is 15.4. The van der Waals surface area contributed by atoms with E-state index in [4.69, 9.17) is 11.6 Å². The van der Waals surface area contributed by atoms with Gasteiger partial charge in [0.1, 0.15) is 10.8 Å². The molecule has 4 rings (SSSR count). The molecular formula is C20H19ClFN3OS. The second-order valence-corrected chi connectivity index (χ2v) is 8.13. The van der Waals surface area contributed by atoms with E-state index in [0.717, 1.165) is 30.2 Å². The number of hydrogen-bond donors (Lipinski definition) is 0. The number of thiazole rings is 1. The molecule has 3 aromatic rings. The molecule has 140 valence electrons. The highest BCUT2D eigenvalue weighted by Gasteiger charge is 2.23. The van der Waals surface area contributed by atoms with Gasteiger partial charge in [-0.2, -0.15) is 0 Å². The zero-order valence-corrected chi connectivity index (χ0v) is 16.3. The van der Waals surface area contributed by atoms with Gasteiger partial charge < -0.3 is 4.90 Å². The first-order chi connectivity index (χ1) is 13.1. The van der Waals surface area contributed by atoms with Crippen LogP contribution in [0.1, 0.15) is 10.6 Å². The number of rotatable bonds is 4. The Balaban J connectivity index is 1.33. The highest BCUT2D eigenvalue weighted by molar-refractivity contribution is 7.18. The molecule has 2 heterocycles. The van der Waals surface area contributed by atoms with E-state index in [-0.39, 0.29) is 17.9 Å². The van der Waals surface area contributed by atoms with Crippen LogP contribution in [0.2, 0.25) is 5.02 Å². The zero-order valence-electron chi connectivity index (χ0n) is 14.7. The Kier molecular flexibility index (Phi) is 5.38. The van der Waals surface area contributed by atoms with Crippen molar-refractivity contribution in [3.8, 4) is 0 Å². The molecule has 0 bridgehead atoms. The summed E-state index contributed by atoms with van der Waals surface area (Å²) in [6.07, 6.45) is 0.00335. The van der Waals surface area contributed by atoms with Gasteiger partial charge in [-0.3, -0.25) is 9.69 Å². The summed E-state index contributed by atoms with van der Waals surface area (Å²) in [5, 5.41) is 1.40. The van der Waals surface area contributed by atoms with Gasteiger partial charge in [-0.15, -0.1) is 11.3 Å². The number of benzene rings is 2. The van der Waals surface area contributed by atoms with Gasteiger partial charge in [0.05, 0.1) is 23.2 Å². The van der Waals surface area contributed by atoms with E-state index >= 15 is 0 Å². The lowest BCUT2D eigenvalue weighted by Gasteiger charge is -2.34. The lowest BCUT2D eigenvalue weighted by atomic mass is 10.1. The van der Waals surface area contributed by atoms with Crippen LogP contribution in [0, 0.1) is 5.82 Å². The molecule has 1 amide bonds. The van der Waals surface area contributed by atoms with Crippen molar-refractivity contribution in [3.05, 3.63) is 63.9 Å². The topological polar surface area (TPSA) is 36.4 Å². The summed E-state index contributed by atoms with van der Waals surface area (Å²) in [4.78, 5) is 21.3. The summed E-state index contributed by atoms with van der Waals surface area (Å²) in [6, 6.07) is 12.6. The number of aromatic nitrogens is 1. The molecule has 1 saturated heterocycles. The lowest BCUT2D eigenvalue weighted by Crippen LogP contribution is -2.48. The molecule has 0 unspecified atom stereocenters. The summed E-state index contributed by atoms with van der Waals surface area (Å²) in [6.45, 7) is 3.63. The third kappa shape index (κ3) is 4.13. The largest absolute Gasteiger partial charge is 0.340 e. The maximum atomic E-state index is 13.9. The van der Waals surface area contributed by atoms with Crippen molar-refractivity contribution in [1.29, 1.82) is 0 Å². The molecule has 0 aliphatic carbocycles. The minimum absolute atomic E-state index is 0.00335. The van der Waals surface area contributed by atoms with Crippen molar-refractivity contribution in [1.82, 2.24) is 14.8 Å². The van der Waals surface area contributed by atoms with Crippen LogP contribution in [0.25, 0.3) is 10.2 Å². The molecule has 7 heteroatoms. The first-order valence-corrected chi connectivity index (χ1v) is 10.1. The number of para-hydroxylation sites is 1. The molecule has 27 heavy (non-hydrogen) atoms. The third-order valence-electron chi connectivity index (χ3n) is 4.81. The van der Waals surface area contributed by atoms with E-state index in [1.807, 2.05) is 18.2 Å². The minimum atomic E-state index is -0.426. The Morgan fingerprint density at radius 1 is 1.11 bits per heavy atom. The molecule has 0 spiro atoms. The van der Waals surface area contributed by atoms with Crippen molar-refractivity contribution in [3.63, 3.8) is 0 Å². The van der Waals surface area contributed by atoms with E-state index < -0.39 is 5.82 Å². The van der Waals surface area contributed by atoms with E-state index in [2.05, 4.69) is 16.0 Å². The van der Waals surface area contributed by atoms with Crippen molar-refractivity contribution >= 4 is 39.1 Å². The molecule has 0 N–H and O–H groups in total. The fraction of sp³-hybridized carbons (Fsp3) is 0.300. The monoisotopic (exact) mass is 403 g/mol. The summed E-state index contributed by atoms with van der Waals surface area (Å²) in [7, 11) is 0. The van der Waals surface area contributed by atoms with E-state index in [1.54, 1.807) is 28.4 Å². The van der Waals surface area contributed by atoms with Crippen molar-refractivity contribution < 1.29 is 9.18 Å². The smallest absolute Gasteiger partial charge is 0.227 e. The van der Waals surface area contributed by atoms with Gasteiger partial charge in [-0.1, -0.05) is 29.8 Å². The molecule has 1 fully saturated rings. The molecule has 0 radical (unpaired) electrons. The number of amides is 1. The standard InChI is InChI=1S/C20H19ClFN3OS/c21-15-4-3-5-16(22)14(15)12-20(26)25-10-8-24(9-11-25)13-19-23-17-6-1-2-7-18(17)27-19/h1-7H,8-13H2. The average molecular weight is 404 g/mol. The van der Waals surface area contributed by atoms with Gasteiger partial charge in [0.2, 0.25) is 5.91 Å². The second kappa shape index (κ2) is 7.92. The minimum Gasteiger partial charge on any atom is -0.340 e. The number of hydrogen-bond acceptors (Lipinski definition) is 4. The van der Waals surface area contributed by atoms with Crippen LogP contribution in [0.5, 0.6) is 0 Å². The van der Waals surface area contributed by atoms with Gasteiger partial charge in [0, 0.05) is 36.8 Å². The average Bonchev–Trinajstić information content (AvgIpc) is 3.07. The van der Waals surface area contributed by atoms with Gasteiger partial charge in [0.15, 0.2) is 0 Å². The van der Waals surface area contributed by atoms with Crippen molar-refractivity contribution in [2.75, 3.05) is 26.2 Å². The maximum Gasteiger partial charge on any atom is 0.227 e. The predicted octanol–water partition coefficient (Wildman–Crippen LogP) is 3.98. The number of carbonyl (C=O) groups excluding carboxylic acids is 1. The molecule has 1 aliphatic rings. The molecule has 2 aromatic carbocycles. The number of fused-ring (bicyclic) bond motifs is 1. The molecule has 1 aromatic heterocycles. The van der Waals surface area contributed by atoms with Crippen LogP contribution in [0.15, 0.2) is 42.5 Å². The lowest BCUT2D eigenvalue weighted by molar-refractivity contribution is -0.132. The van der Waals surface area contributed by atoms with Gasteiger partial charge in [-0.25, -0.2) is 9.37 Å². The van der Waals surface area contributed by atoms with Gasteiger partial charge >= 0.3 is 0 Å². The molecule has 1 aliphatic heterocycles. The number of nitrogens with zero attached hydrogens (tertiary/aromatic N) is 3. The summed E-state index contributed by atoms with van der Waals surface area (Å²) >= 11 is 7.75. The maximum absolute atomic E-state index is 13.9. The fourth-order valence-electron chi connectivity index (χ4n) is 3.30. The summed E-state index contributed by atoms with van der Waals surface area (Å²) < 4.78 is 15.1. The first kappa shape index (κ1) is 18.3. The van der Waals surface area contributed by atoms with E-state index in [9.17, 15) is 9.18 Å². The molecular weight excluding hydrogens is 385 g/mol. The van der Waals surface area contributed by atoms with Crippen LogP contribution in [0.4, 0.5) is 4.39 Å².